The Balaban J connectivity index is 2.49. The fraction of sp³-hybridized carbons (Fsp3) is 0.250. The molecule has 0 radical (unpaired) electrons. The van der Waals surface area contributed by atoms with Gasteiger partial charge in [0, 0.05) is 30.4 Å². The van der Waals surface area contributed by atoms with Gasteiger partial charge >= 0.3 is 0 Å². The largest absolute Gasteiger partial charge is 0.496 e. The Morgan fingerprint density at radius 2 is 1.95 bits per heavy atom. The zero-order valence-corrected chi connectivity index (χ0v) is 13.2. The Kier molecular flexibility index (Phi) is 5.07. The highest BCUT2D eigenvalue weighted by atomic mass is 35.5. The number of nitrogens with one attached hydrogen (secondary N) is 1. The number of rotatable bonds is 5. The zero-order valence-electron chi connectivity index (χ0n) is 12.4. The highest BCUT2D eigenvalue weighted by Gasteiger charge is 2.18. The van der Waals surface area contributed by atoms with Crippen molar-refractivity contribution in [3.63, 3.8) is 0 Å². The number of hydrazine groups is 1. The van der Waals surface area contributed by atoms with Crippen LogP contribution in [0.4, 0.5) is 5.69 Å². The summed E-state index contributed by atoms with van der Waals surface area (Å²) in [4.78, 5) is 2.05. The van der Waals surface area contributed by atoms with Gasteiger partial charge < -0.3 is 9.64 Å². The molecule has 0 aliphatic rings. The predicted octanol–water partition coefficient (Wildman–Crippen LogP) is 2.97. The van der Waals surface area contributed by atoms with Gasteiger partial charge in [0.15, 0.2) is 0 Å². The molecular weight excluding hydrogens is 286 g/mol. The summed E-state index contributed by atoms with van der Waals surface area (Å²) in [7, 11) is 5.64. The average molecular weight is 306 g/mol. The molecule has 2 aromatic carbocycles. The lowest BCUT2D eigenvalue weighted by molar-refractivity contribution is 0.404. The molecule has 0 aliphatic heterocycles. The molecule has 1 atom stereocenters. The quantitative estimate of drug-likeness (QED) is 0.659. The van der Waals surface area contributed by atoms with E-state index in [1.807, 2.05) is 49.3 Å². The predicted molar refractivity (Wildman–Crippen MR) is 87.9 cm³/mol. The Bertz CT molecular complexity index is 616. The first-order chi connectivity index (χ1) is 10.1. The molecule has 1 unspecified atom stereocenters. The minimum Gasteiger partial charge on any atom is -0.496 e. The average Bonchev–Trinajstić information content (AvgIpc) is 2.48. The van der Waals surface area contributed by atoms with Crippen molar-refractivity contribution < 1.29 is 4.74 Å². The molecule has 0 aromatic heterocycles. The fourth-order valence-electron chi connectivity index (χ4n) is 2.28. The molecule has 112 valence electrons. The summed E-state index contributed by atoms with van der Waals surface area (Å²) in [5, 5.41) is 0.648. The molecule has 0 bridgehead atoms. The van der Waals surface area contributed by atoms with Crippen LogP contribution in [0.15, 0.2) is 42.5 Å². The SMILES string of the molecule is COc1ccc(Cl)cc1C(NN)c1cccc(N(C)C)c1. The first-order valence-corrected chi connectivity index (χ1v) is 7.01. The van der Waals surface area contributed by atoms with Crippen molar-refractivity contribution in [2.45, 2.75) is 6.04 Å². The highest BCUT2D eigenvalue weighted by molar-refractivity contribution is 6.30. The van der Waals surface area contributed by atoms with Crippen LogP contribution in [0.1, 0.15) is 17.2 Å². The molecule has 3 N–H and O–H groups in total. The molecule has 4 nitrogen and oxygen atoms in total. The number of hydrogen-bond donors (Lipinski definition) is 2. The van der Waals surface area contributed by atoms with Crippen molar-refractivity contribution in [2.75, 3.05) is 26.1 Å². The van der Waals surface area contributed by atoms with Crippen LogP contribution in [0.5, 0.6) is 5.75 Å². The lowest BCUT2D eigenvalue weighted by Crippen LogP contribution is -2.29. The van der Waals surface area contributed by atoms with Gasteiger partial charge in [0.2, 0.25) is 0 Å². The molecule has 0 aliphatic carbocycles. The zero-order chi connectivity index (χ0) is 15.4. The Hall–Kier alpha value is -1.75. The van der Waals surface area contributed by atoms with Gasteiger partial charge in [0.1, 0.15) is 5.75 Å². The van der Waals surface area contributed by atoms with Crippen molar-refractivity contribution in [3.8, 4) is 5.75 Å². The minimum atomic E-state index is -0.196. The Labute approximate surface area is 130 Å². The third kappa shape index (κ3) is 3.47. The first kappa shape index (κ1) is 15.6. The third-order valence-corrected chi connectivity index (χ3v) is 3.62. The number of anilines is 1. The van der Waals surface area contributed by atoms with Gasteiger partial charge in [-0.15, -0.1) is 0 Å². The second kappa shape index (κ2) is 6.80. The van der Waals surface area contributed by atoms with E-state index in [-0.39, 0.29) is 6.04 Å². The molecule has 0 saturated heterocycles. The number of hydrogen-bond acceptors (Lipinski definition) is 4. The lowest BCUT2D eigenvalue weighted by atomic mass is 9.98. The molecule has 21 heavy (non-hydrogen) atoms. The van der Waals surface area contributed by atoms with Crippen LogP contribution in [0.3, 0.4) is 0 Å². The summed E-state index contributed by atoms with van der Waals surface area (Å²) in [5.41, 5.74) is 5.90. The number of halogens is 1. The Morgan fingerprint density at radius 1 is 1.19 bits per heavy atom. The summed E-state index contributed by atoms with van der Waals surface area (Å²) in [6, 6.07) is 13.5. The normalized spacial score (nSPS) is 12.0. The molecular formula is C16H20ClN3O. The maximum atomic E-state index is 6.11. The van der Waals surface area contributed by atoms with Crippen LogP contribution >= 0.6 is 11.6 Å². The van der Waals surface area contributed by atoms with Gasteiger partial charge in [0.05, 0.1) is 13.2 Å². The van der Waals surface area contributed by atoms with E-state index in [0.717, 1.165) is 22.6 Å². The van der Waals surface area contributed by atoms with Gasteiger partial charge in [-0.05, 0) is 35.9 Å². The van der Waals surface area contributed by atoms with E-state index < -0.39 is 0 Å². The molecule has 0 heterocycles. The number of methoxy groups -OCH3 is 1. The van der Waals surface area contributed by atoms with Crippen LogP contribution in [-0.2, 0) is 0 Å². The van der Waals surface area contributed by atoms with E-state index in [1.165, 1.54) is 0 Å². The van der Waals surface area contributed by atoms with Crippen LogP contribution in [0.25, 0.3) is 0 Å². The van der Waals surface area contributed by atoms with Crippen molar-refractivity contribution in [3.05, 3.63) is 58.6 Å². The number of nitrogens with zero attached hydrogens (tertiary/aromatic N) is 1. The van der Waals surface area contributed by atoms with Gasteiger partial charge in [-0.3, -0.25) is 5.84 Å². The fourth-order valence-corrected chi connectivity index (χ4v) is 2.46. The van der Waals surface area contributed by atoms with E-state index in [1.54, 1.807) is 13.2 Å². The van der Waals surface area contributed by atoms with E-state index in [9.17, 15) is 0 Å². The van der Waals surface area contributed by atoms with Crippen LogP contribution in [0, 0.1) is 0 Å². The first-order valence-electron chi connectivity index (χ1n) is 6.63. The second-order valence-electron chi connectivity index (χ2n) is 4.98. The lowest BCUT2D eigenvalue weighted by Gasteiger charge is -2.22. The summed E-state index contributed by atoms with van der Waals surface area (Å²) >= 11 is 6.11. The van der Waals surface area contributed by atoms with Crippen molar-refractivity contribution >= 4 is 17.3 Å². The standard InChI is InChI=1S/C16H20ClN3O/c1-20(2)13-6-4-5-11(9-13)16(19-18)14-10-12(17)7-8-15(14)21-3/h4-10,16,19H,18H2,1-3H3. The maximum absolute atomic E-state index is 6.11. The second-order valence-corrected chi connectivity index (χ2v) is 5.41. The third-order valence-electron chi connectivity index (χ3n) is 3.39. The molecule has 0 spiro atoms. The molecule has 0 amide bonds. The van der Waals surface area contributed by atoms with E-state index in [0.29, 0.717) is 5.02 Å². The minimum absolute atomic E-state index is 0.196. The highest BCUT2D eigenvalue weighted by Crippen LogP contribution is 2.33. The van der Waals surface area contributed by atoms with E-state index in [4.69, 9.17) is 22.2 Å². The summed E-state index contributed by atoms with van der Waals surface area (Å²) in [5.74, 6) is 6.52. The van der Waals surface area contributed by atoms with Crippen LogP contribution in [-0.4, -0.2) is 21.2 Å². The van der Waals surface area contributed by atoms with Crippen molar-refractivity contribution in [1.29, 1.82) is 0 Å². The molecule has 0 saturated carbocycles. The molecule has 2 rings (SSSR count). The Morgan fingerprint density at radius 3 is 2.57 bits per heavy atom. The summed E-state index contributed by atoms with van der Waals surface area (Å²) in [6.45, 7) is 0. The number of ether oxygens (including phenoxy) is 1. The van der Waals surface area contributed by atoms with Gasteiger partial charge in [-0.2, -0.15) is 0 Å². The maximum Gasteiger partial charge on any atom is 0.124 e. The summed E-state index contributed by atoms with van der Waals surface area (Å²) in [6.07, 6.45) is 0. The molecule has 5 heteroatoms. The molecule has 0 fully saturated rings. The van der Waals surface area contributed by atoms with Crippen LogP contribution in [0.2, 0.25) is 5.02 Å². The van der Waals surface area contributed by atoms with E-state index in [2.05, 4.69) is 11.5 Å². The monoisotopic (exact) mass is 305 g/mol. The van der Waals surface area contributed by atoms with E-state index >= 15 is 0 Å². The number of benzene rings is 2. The topological polar surface area (TPSA) is 50.5 Å². The van der Waals surface area contributed by atoms with Crippen LogP contribution < -0.4 is 20.9 Å². The van der Waals surface area contributed by atoms with Gasteiger partial charge in [-0.25, -0.2) is 5.43 Å². The molecule has 2 aromatic rings. The van der Waals surface area contributed by atoms with Gasteiger partial charge in [0.25, 0.3) is 0 Å². The summed E-state index contributed by atoms with van der Waals surface area (Å²) < 4.78 is 5.42. The van der Waals surface area contributed by atoms with Crippen molar-refractivity contribution in [1.82, 2.24) is 5.43 Å². The van der Waals surface area contributed by atoms with Gasteiger partial charge in [-0.1, -0.05) is 23.7 Å². The number of nitrogens with two attached hydrogens (primary N) is 1. The van der Waals surface area contributed by atoms with Crippen molar-refractivity contribution in [2.24, 2.45) is 5.84 Å². The smallest absolute Gasteiger partial charge is 0.124 e.